The number of halogens is 1. The van der Waals surface area contributed by atoms with Crippen LogP contribution in [0.5, 0.6) is 5.75 Å². The summed E-state index contributed by atoms with van der Waals surface area (Å²) < 4.78 is 10.5. The minimum Gasteiger partial charge on any atom is -0.497 e. The van der Waals surface area contributed by atoms with Crippen LogP contribution in [-0.2, 0) is 11.3 Å². The number of benzene rings is 1. The van der Waals surface area contributed by atoms with Crippen molar-refractivity contribution in [1.29, 1.82) is 0 Å². The van der Waals surface area contributed by atoms with Crippen LogP contribution in [0.2, 0.25) is 5.15 Å². The molecule has 0 spiro atoms. The molecule has 0 bridgehead atoms. The Bertz CT molecular complexity index is 915. The molecule has 1 aromatic carbocycles. The Kier molecular flexibility index (Phi) is 5.54. The normalized spacial score (nSPS) is 10.6. The quantitative estimate of drug-likeness (QED) is 0.462. The molecule has 0 N–H and O–H groups in total. The van der Waals surface area contributed by atoms with Gasteiger partial charge >= 0.3 is 5.97 Å². The van der Waals surface area contributed by atoms with E-state index in [1.54, 1.807) is 13.2 Å². The zero-order chi connectivity index (χ0) is 18.7. The highest BCUT2D eigenvalue weighted by atomic mass is 35.5. The number of thiazole rings is 1. The van der Waals surface area contributed by atoms with Gasteiger partial charge in [0.15, 0.2) is 0 Å². The van der Waals surface area contributed by atoms with Crippen LogP contribution < -0.4 is 4.74 Å². The Labute approximate surface area is 160 Å². The summed E-state index contributed by atoms with van der Waals surface area (Å²) in [6.45, 7) is 3.71. The summed E-state index contributed by atoms with van der Waals surface area (Å²) in [6, 6.07) is 9.44. The van der Waals surface area contributed by atoms with Gasteiger partial charge in [0.2, 0.25) is 0 Å². The van der Waals surface area contributed by atoms with Crippen molar-refractivity contribution < 1.29 is 14.3 Å². The molecule has 5 nitrogen and oxygen atoms in total. The molecule has 0 amide bonds. The molecule has 0 aliphatic carbocycles. The number of ether oxygens (including phenoxy) is 2. The molecule has 0 atom stereocenters. The number of methoxy groups -OCH3 is 1. The van der Waals surface area contributed by atoms with Crippen molar-refractivity contribution in [3.63, 3.8) is 0 Å². The fourth-order valence-corrected chi connectivity index (χ4v) is 3.66. The molecule has 0 radical (unpaired) electrons. The first-order valence-electron chi connectivity index (χ1n) is 7.87. The molecule has 3 rings (SSSR count). The van der Waals surface area contributed by atoms with Gasteiger partial charge in [-0.15, -0.1) is 11.3 Å². The summed E-state index contributed by atoms with van der Waals surface area (Å²) in [4.78, 5) is 21.0. The van der Waals surface area contributed by atoms with Gasteiger partial charge in [-0.05, 0) is 49.7 Å². The number of hydrogen-bond acceptors (Lipinski definition) is 6. The smallest absolute Gasteiger partial charge is 0.341 e. The third-order valence-corrected chi connectivity index (χ3v) is 4.96. The third-order valence-electron chi connectivity index (χ3n) is 3.74. The minimum atomic E-state index is -0.501. The molecule has 0 fully saturated rings. The standard InChI is InChI=1S/C19H17ClN2O3S/c1-11-8-12(2)21-17(20)16(11)19(23)25-9-14-10-26-18(22-14)13-4-6-15(24-3)7-5-13/h4-8,10H,9H2,1-3H3. The molecule has 0 aliphatic rings. The van der Waals surface area contributed by atoms with E-state index >= 15 is 0 Å². The van der Waals surface area contributed by atoms with E-state index in [0.29, 0.717) is 11.3 Å². The van der Waals surface area contributed by atoms with Crippen molar-refractivity contribution in [3.05, 3.63) is 63.4 Å². The van der Waals surface area contributed by atoms with E-state index in [1.165, 1.54) is 11.3 Å². The van der Waals surface area contributed by atoms with Crippen molar-refractivity contribution in [2.45, 2.75) is 20.5 Å². The number of carbonyl (C=O) groups excluding carboxylic acids is 1. The Balaban J connectivity index is 1.69. The van der Waals surface area contributed by atoms with Crippen molar-refractivity contribution in [2.75, 3.05) is 7.11 Å². The molecule has 26 heavy (non-hydrogen) atoms. The lowest BCUT2D eigenvalue weighted by Gasteiger charge is -2.08. The zero-order valence-corrected chi connectivity index (χ0v) is 16.1. The molecular weight excluding hydrogens is 372 g/mol. The van der Waals surface area contributed by atoms with Gasteiger partial charge in [0.1, 0.15) is 22.5 Å². The predicted molar refractivity (Wildman–Crippen MR) is 102 cm³/mol. The number of aromatic nitrogens is 2. The molecule has 2 heterocycles. The Hall–Kier alpha value is -2.44. The lowest BCUT2D eigenvalue weighted by molar-refractivity contribution is 0.0467. The molecule has 0 unspecified atom stereocenters. The number of carbonyl (C=O) groups is 1. The topological polar surface area (TPSA) is 61.3 Å². The molecule has 0 saturated heterocycles. The Morgan fingerprint density at radius 2 is 1.92 bits per heavy atom. The van der Waals surface area contributed by atoms with E-state index in [4.69, 9.17) is 21.1 Å². The van der Waals surface area contributed by atoms with Crippen LogP contribution in [0.15, 0.2) is 35.7 Å². The molecule has 3 aromatic rings. The minimum absolute atomic E-state index is 0.0785. The first-order valence-corrected chi connectivity index (χ1v) is 9.13. The lowest BCUT2D eigenvalue weighted by atomic mass is 10.1. The summed E-state index contributed by atoms with van der Waals surface area (Å²) in [6.07, 6.45) is 0. The number of aryl methyl sites for hydroxylation is 2. The summed E-state index contributed by atoms with van der Waals surface area (Å²) in [5, 5.41) is 2.88. The van der Waals surface area contributed by atoms with Crippen molar-refractivity contribution in [1.82, 2.24) is 9.97 Å². The molecular formula is C19H17ClN2O3S. The highest BCUT2D eigenvalue weighted by Crippen LogP contribution is 2.26. The van der Waals surface area contributed by atoms with Crippen molar-refractivity contribution in [2.24, 2.45) is 0 Å². The second kappa shape index (κ2) is 7.85. The van der Waals surface area contributed by atoms with Gasteiger partial charge in [-0.3, -0.25) is 0 Å². The number of nitrogens with zero attached hydrogens (tertiary/aromatic N) is 2. The van der Waals surface area contributed by atoms with E-state index in [2.05, 4.69) is 9.97 Å². The summed E-state index contributed by atoms with van der Waals surface area (Å²) in [5.74, 6) is 0.289. The summed E-state index contributed by atoms with van der Waals surface area (Å²) in [5.41, 5.74) is 3.46. The number of esters is 1. The van der Waals surface area contributed by atoms with E-state index in [1.807, 2.05) is 43.5 Å². The van der Waals surface area contributed by atoms with Crippen molar-refractivity contribution in [3.8, 4) is 16.3 Å². The first-order chi connectivity index (χ1) is 12.5. The van der Waals surface area contributed by atoms with Crippen LogP contribution >= 0.6 is 22.9 Å². The van der Waals surface area contributed by atoms with Crippen LogP contribution in [0.3, 0.4) is 0 Å². The van der Waals surface area contributed by atoms with Gasteiger partial charge in [-0.1, -0.05) is 11.6 Å². The van der Waals surface area contributed by atoms with Crippen LogP contribution in [0, 0.1) is 13.8 Å². The summed E-state index contributed by atoms with van der Waals surface area (Å²) in [7, 11) is 1.63. The monoisotopic (exact) mass is 388 g/mol. The Morgan fingerprint density at radius 3 is 2.58 bits per heavy atom. The van der Waals surface area contributed by atoms with Gasteiger partial charge in [0, 0.05) is 16.6 Å². The maximum atomic E-state index is 12.3. The maximum absolute atomic E-state index is 12.3. The Morgan fingerprint density at radius 1 is 1.19 bits per heavy atom. The third kappa shape index (κ3) is 4.03. The van der Waals surface area contributed by atoms with Crippen LogP contribution in [0.4, 0.5) is 0 Å². The number of hydrogen-bond donors (Lipinski definition) is 0. The van der Waals surface area contributed by atoms with Gasteiger partial charge in [-0.2, -0.15) is 0 Å². The average molecular weight is 389 g/mol. The average Bonchev–Trinajstić information content (AvgIpc) is 3.08. The van der Waals surface area contributed by atoms with Crippen LogP contribution in [0.1, 0.15) is 27.3 Å². The second-order valence-corrected chi connectivity index (χ2v) is 6.91. The van der Waals surface area contributed by atoms with Gasteiger partial charge in [0.05, 0.1) is 18.4 Å². The highest BCUT2D eigenvalue weighted by Gasteiger charge is 2.17. The van der Waals surface area contributed by atoms with Gasteiger partial charge in [-0.25, -0.2) is 14.8 Å². The molecule has 0 aliphatic heterocycles. The largest absolute Gasteiger partial charge is 0.497 e. The van der Waals surface area contributed by atoms with Crippen LogP contribution in [0.25, 0.3) is 10.6 Å². The fourth-order valence-electron chi connectivity index (χ4n) is 2.49. The summed E-state index contributed by atoms with van der Waals surface area (Å²) >= 11 is 7.57. The van der Waals surface area contributed by atoms with E-state index in [9.17, 15) is 4.79 Å². The van der Waals surface area contributed by atoms with E-state index < -0.39 is 5.97 Å². The highest BCUT2D eigenvalue weighted by molar-refractivity contribution is 7.13. The maximum Gasteiger partial charge on any atom is 0.341 e. The molecule has 2 aromatic heterocycles. The molecule has 134 valence electrons. The first kappa shape index (κ1) is 18.4. The fraction of sp³-hybridized carbons (Fsp3) is 0.211. The second-order valence-electron chi connectivity index (χ2n) is 5.69. The SMILES string of the molecule is COc1ccc(-c2nc(COC(=O)c3c(C)cc(C)nc3Cl)cs2)cc1. The number of pyridine rings is 1. The van der Waals surface area contributed by atoms with E-state index in [-0.39, 0.29) is 11.8 Å². The van der Waals surface area contributed by atoms with Crippen LogP contribution in [-0.4, -0.2) is 23.0 Å². The molecule has 7 heteroatoms. The molecule has 0 saturated carbocycles. The lowest BCUT2D eigenvalue weighted by Crippen LogP contribution is -2.09. The zero-order valence-electron chi connectivity index (χ0n) is 14.6. The van der Waals surface area contributed by atoms with Gasteiger partial charge < -0.3 is 9.47 Å². The predicted octanol–water partition coefficient (Wildman–Crippen LogP) is 4.84. The van der Waals surface area contributed by atoms with Gasteiger partial charge in [0.25, 0.3) is 0 Å². The number of rotatable bonds is 5. The van der Waals surface area contributed by atoms with Crippen molar-refractivity contribution >= 4 is 28.9 Å². The van der Waals surface area contributed by atoms with E-state index in [0.717, 1.165) is 27.6 Å².